The van der Waals surface area contributed by atoms with Crippen LogP contribution in [0.15, 0.2) is 29.8 Å². The quantitative estimate of drug-likeness (QED) is 0.612. The third-order valence-corrected chi connectivity index (χ3v) is 2.63. The summed E-state index contributed by atoms with van der Waals surface area (Å²) in [6.07, 6.45) is 4.73. The Hall–Kier alpha value is -0.443. The summed E-state index contributed by atoms with van der Waals surface area (Å²) in [6.45, 7) is 4.45. The van der Waals surface area contributed by atoms with Gasteiger partial charge in [0.05, 0.1) is 0 Å². The van der Waals surface area contributed by atoms with Gasteiger partial charge in [-0.1, -0.05) is 49.3 Å². The first-order valence-electron chi connectivity index (χ1n) is 4.97. The minimum absolute atomic E-state index is 0. The van der Waals surface area contributed by atoms with Crippen LogP contribution >= 0.6 is 0 Å². The van der Waals surface area contributed by atoms with Crippen molar-refractivity contribution in [1.82, 2.24) is 0 Å². The van der Waals surface area contributed by atoms with E-state index in [1.165, 1.54) is 35.5 Å². The molecule has 0 saturated carbocycles. The minimum atomic E-state index is 0. The van der Waals surface area contributed by atoms with Crippen molar-refractivity contribution >= 4 is 24.9 Å². The van der Waals surface area contributed by atoms with E-state index < -0.39 is 0 Å². The molecule has 0 nitrogen and oxygen atoms in total. The molecule has 69 valence electrons. The van der Waals surface area contributed by atoms with Gasteiger partial charge in [0, 0.05) is 5.92 Å². The number of rotatable bonds is 2. The Labute approximate surface area is 98.6 Å². The molecule has 0 N–H and O–H groups in total. The maximum absolute atomic E-state index is 2.29. The normalized spacial score (nSPS) is 14.6. The van der Waals surface area contributed by atoms with E-state index >= 15 is 0 Å². The van der Waals surface area contributed by atoms with Crippen LogP contribution < -0.4 is 0 Å². The predicted octanol–water partition coefficient (Wildman–Crippen LogP) is 3.18. The molecule has 1 heteroatoms. The van der Waals surface area contributed by atoms with E-state index in [0.717, 1.165) is 0 Å². The molecule has 0 unspecified atom stereocenters. The molecule has 0 spiro atoms. The van der Waals surface area contributed by atoms with Crippen molar-refractivity contribution in [1.29, 1.82) is 0 Å². The van der Waals surface area contributed by atoms with Gasteiger partial charge in [0.2, 0.25) is 0 Å². The summed E-state index contributed by atoms with van der Waals surface area (Å²) >= 11 is 0. The van der Waals surface area contributed by atoms with Crippen LogP contribution in [0.1, 0.15) is 37.8 Å². The molecule has 0 bridgehead atoms. The summed E-state index contributed by atoms with van der Waals surface area (Å²) in [5.41, 5.74) is 4.29. The Kier molecular flexibility index (Phi) is 4.05. The summed E-state index contributed by atoms with van der Waals surface area (Å²) < 4.78 is 0. The summed E-state index contributed by atoms with van der Waals surface area (Å²) in [6, 6.07) is 8.66. The van der Waals surface area contributed by atoms with Gasteiger partial charge in [-0.05, 0) is 24.5 Å². The summed E-state index contributed by atoms with van der Waals surface area (Å²) in [7, 11) is 0. The number of hydrogen-bond donors (Lipinski definition) is 0. The van der Waals surface area contributed by atoms with Crippen molar-refractivity contribution in [2.75, 3.05) is 0 Å². The van der Waals surface area contributed by atoms with Gasteiger partial charge in [-0.3, -0.25) is 0 Å². The second kappa shape index (κ2) is 4.87. The van der Waals surface area contributed by atoms with Gasteiger partial charge in [-0.15, -0.1) is 0 Å². The molecule has 1 aromatic rings. The molecule has 1 aliphatic rings. The fraction of sp³-hybridized carbons (Fsp3) is 0.308. The van der Waals surface area contributed by atoms with Crippen LogP contribution in [-0.2, 0) is 0 Å². The Balaban J connectivity index is 0.000000980. The topological polar surface area (TPSA) is 0 Å². The first-order valence-corrected chi connectivity index (χ1v) is 4.97. The molecule has 0 aliphatic heterocycles. The molecule has 0 aromatic heterocycles. The fourth-order valence-electron chi connectivity index (χ4n) is 2.01. The van der Waals surface area contributed by atoms with Crippen molar-refractivity contribution in [3.8, 4) is 0 Å². The molecular weight excluding hydrogens is 163 g/mol. The van der Waals surface area contributed by atoms with Gasteiger partial charge in [-0.2, -0.15) is 0 Å². The van der Waals surface area contributed by atoms with Crippen LogP contribution in [-0.4, -0.2) is 18.9 Å². The average molecular weight is 179 g/mol. The zero-order valence-corrected chi connectivity index (χ0v) is 8.30. The second-order valence-corrected chi connectivity index (χ2v) is 3.64. The number of allylic oxidation sites excluding steroid dienone is 1. The molecule has 0 heterocycles. The van der Waals surface area contributed by atoms with Crippen LogP contribution in [0.25, 0.3) is 6.08 Å². The molecule has 0 fully saturated rings. The number of hydrogen-bond acceptors (Lipinski definition) is 0. The zero-order chi connectivity index (χ0) is 9.26. The van der Waals surface area contributed by atoms with Gasteiger partial charge < -0.3 is 0 Å². The van der Waals surface area contributed by atoms with Crippen molar-refractivity contribution in [3.63, 3.8) is 0 Å². The summed E-state index contributed by atoms with van der Waals surface area (Å²) in [5.74, 6) is 1.54. The Morgan fingerprint density at radius 1 is 1.14 bits per heavy atom. The van der Waals surface area contributed by atoms with Crippen molar-refractivity contribution < 1.29 is 0 Å². The molecule has 2 rings (SSSR count). The molecule has 14 heavy (non-hydrogen) atoms. The molecule has 1 aromatic carbocycles. The van der Waals surface area contributed by atoms with Gasteiger partial charge in [0.15, 0.2) is 0 Å². The van der Waals surface area contributed by atoms with Crippen LogP contribution in [0.5, 0.6) is 0 Å². The molecule has 0 saturated heterocycles. The van der Waals surface area contributed by atoms with Crippen LogP contribution in [0.3, 0.4) is 0 Å². The Morgan fingerprint density at radius 3 is 2.57 bits per heavy atom. The monoisotopic (exact) mass is 179 g/mol. The first-order chi connectivity index (χ1) is 6.33. The number of fused-ring (bicyclic) bond motifs is 1. The van der Waals surface area contributed by atoms with E-state index in [1.807, 2.05) is 0 Å². The van der Waals surface area contributed by atoms with Crippen molar-refractivity contribution in [2.24, 2.45) is 0 Å². The van der Waals surface area contributed by atoms with E-state index in [4.69, 9.17) is 0 Å². The van der Waals surface area contributed by atoms with E-state index in [0.29, 0.717) is 0 Å². The Bertz CT molecular complexity index is 339. The standard InChI is InChI=1S/C13H15.Li.H/c1-3-6-12-10(2)9-11-7-4-5-8-13(11)12;;/h4-5,7-9H,3,6H2,1-2H3;;. The van der Waals surface area contributed by atoms with Crippen LogP contribution in [0, 0.1) is 5.92 Å². The molecule has 1 aliphatic carbocycles. The van der Waals surface area contributed by atoms with E-state index in [9.17, 15) is 0 Å². The van der Waals surface area contributed by atoms with Crippen LogP contribution in [0.4, 0.5) is 0 Å². The maximum atomic E-state index is 2.29. The SMILES string of the molecule is CCC[C]1C(C)=Cc2ccccc21.[LiH]. The van der Waals surface area contributed by atoms with Gasteiger partial charge in [0.25, 0.3) is 0 Å². The average Bonchev–Trinajstić information content (AvgIpc) is 2.44. The first kappa shape index (κ1) is 11.6. The van der Waals surface area contributed by atoms with Gasteiger partial charge in [-0.25, -0.2) is 0 Å². The van der Waals surface area contributed by atoms with Gasteiger partial charge in [0.1, 0.15) is 0 Å². The second-order valence-electron chi connectivity index (χ2n) is 3.64. The van der Waals surface area contributed by atoms with E-state index in [2.05, 4.69) is 44.2 Å². The molecule has 0 atom stereocenters. The van der Waals surface area contributed by atoms with E-state index in [1.54, 1.807) is 0 Å². The molecular formula is C13H16Li. The Morgan fingerprint density at radius 2 is 1.86 bits per heavy atom. The number of benzene rings is 1. The summed E-state index contributed by atoms with van der Waals surface area (Å²) in [5, 5.41) is 0. The predicted molar refractivity (Wildman–Crippen MR) is 64.5 cm³/mol. The molecule has 1 radical (unpaired) electrons. The van der Waals surface area contributed by atoms with E-state index in [-0.39, 0.29) is 18.9 Å². The van der Waals surface area contributed by atoms with Crippen LogP contribution in [0.2, 0.25) is 0 Å². The third kappa shape index (κ3) is 1.97. The van der Waals surface area contributed by atoms with Crippen molar-refractivity contribution in [2.45, 2.75) is 26.7 Å². The zero-order valence-electron chi connectivity index (χ0n) is 8.30. The summed E-state index contributed by atoms with van der Waals surface area (Å²) in [4.78, 5) is 0. The van der Waals surface area contributed by atoms with Crippen molar-refractivity contribution in [3.05, 3.63) is 46.9 Å². The third-order valence-electron chi connectivity index (χ3n) is 2.63. The molecule has 0 amide bonds. The fourth-order valence-corrected chi connectivity index (χ4v) is 2.01. The van der Waals surface area contributed by atoms with Gasteiger partial charge >= 0.3 is 18.9 Å².